The van der Waals surface area contributed by atoms with Gasteiger partial charge in [0.05, 0.1) is 25.9 Å². The average molecular weight is 237 g/mol. The second-order valence-electron chi connectivity index (χ2n) is 3.06. The molecule has 0 aliphatic carbocycles. The lowest BCUT2D eigenvalue weighted by molar-refractivity contribution is -0.140. The monoisotopic (exact) mass is 237 g/mol. The van der Waals surface area contributed by atoms with Crippen molar-refractivity contribution in [3.8, 4) is 6.07 Å². The highest BCUT2D eigenvalue weighted by molar-refractivity contribution is 7.99. The van der Waals surface area contributed by atoms with Crippen molar-refractivity contribution in [2.75, 3.05) is 7.11 Å². The molecule has 1 atom stereocenters. The van der Waals surface area contributed by atoms with E-state index in [2.05, 4.69) is 14.7 Å². The van der Waals surface area contributed by atoms with E-state index in [0.29, 0.717) is 11.4 Å². The number of carbonyl (C=O) groups is 1. The van der Waals surface area contributed by atoms with Gasteiger partial charge < -0.3 is 4.74 Å². The Hall–Kier alpha value is -1.61. The quantitative estimate of drug-likeness (QED) is 0.582. The lowest BCUT2D eigenvalue weighted by atomic mass is 10.3. The minimum absolute atomic E-state index is 0.0645. The molecule has 1 unspecified atom stereocenters. The third-order valence-electron chi connectivity index (χ3n) is 1.75. The number of hydrogen-bond donors (Lipinski definition) is 0. The molecular formula is C10H11N3O2S. The Morgan fingerprint density at radius 1 is 1.62 bits per heavy atom. The summed E-state index contributed by atoms with van der Waals surface area (Å²) in [5.74, 6) is -0.249. The molecule has 84 valence electrons. The molecule has 0 fully saturated rings. The number of methoxy groups -OCH3 is 1. The zero-order valence-corrected chi connectivity index (χ0v) is 9.82. The van der Waals surface area contributed by atoms with E-state index in [-0.39, 0.29) is 16.9 Å². The molecule has 1 aromatic rings. The Kier molecular flexibility index (Phi) is 4.73. The average Bonchev–Trinajstić information content (AvgIpc) is 2.29. The maximum absolute atomic E-state index is 11.0. The van der Waals surface area contributed by atoms with Crippen LogP contribution >= 0.6 is 11.8 Å². The van der Waals surface area contributed by atoms with Gasteiger partial charge in [0, 0.05) is 5.25 Å². The molecule has 6 heteroatoms. The number of nitriles is 1. The standard InChI is InChI=1S/C10H11N3O2S/c1-7(3-10(14)15-2)16-9-6-12-8(4-11)5-13-9/h5-7H,3H2,1-2H3. The van der Waals surface area contributed by atoms with Crippen molar-refractivity contribution in [2.24, 2.45) is 0 Å². The van der Waals surface area contributed by atoms with E-state index in [1.54, 1.807) is 0 Å². The second-order valence-corrected chi connectivity index (χ2v) is 4.52. The lowest BCUT2D eigenvalue weighted by Gasteiger charge is -2.08. The van der Waals surface area contributed by atoms with Gasteiger partial charge in [0.1, 0.15) is 11.1 Å². The molecule has 0 saturated heterocycles. The summed E-state index contributed by atoms with van der Waals surface area (Å²) in [4.78, 5) is 18.9. The molecule has 0 radical (unpaired) electrons. The van der Waals surface area contributed by atoms with E-state index < -0.39 is 0 Å². The van der Waals surface area contributed by atoms with Crippen molar-refractivity contribution in [1.82, 2.24) is 9.97 Å². The summed E-state index contributed by atoms with van der Waals surface area (Å²) in [7, 11) is 1.36. The number of esters is 1. The number of hydrogen-bond acceptors (Lipinski definition) is 6. The van der Waals surface area contributed by atoms with Crippen molar-refractivity contribution >= 4 is 17.7 Å². The van der Waals surface area contributed by atoms with Crippen LogP contribution < -0.4 is 0 Å². The van der Waals surface area contributed by atoms with Gasteiger partial charge in [-0.3, -0.25) is 4.79 Å². The lowest BCUT2D eigenvalue weighted by Crippen LogP contribution is -2.08. The number of nitrogens with zero attached hydrogens (tertiary/aromatic N) is 3. The van der Waals surface area contributed by atoms with Gasteiger partial charge in [0.25, 0.3) is 0 Å². The van der Waals surface area contributed by atoms with Gasteiger partial charge in [-0.25, -0.2) is 9.97 Å². The first-order chi connectivity index (χ1) is 7.65. The van der Waals surface area contributed by atoms with Crippen molar-refractivity contribution in [3.63, 3.8) is 0 Å². The molecule has 1 aromatic heterocycles. The molecule has 0 saturated carbocycles. The summed E-state index contributed by atoms with van der Waals surface area (Å²) in [6.45, 7) is 1.90. The Balaban J connectivity index is 2.53. The minimum Gasteiger partial charge on any atom is -0.469 e. The van der Waals surface area contributed by atoms with Gasteiger partial charge in [-0.1, -0.05) is 6.92 Å². The molecule has 0 spiro atoms. The SMILES string of the molecule is COC(=O)CC(C)Sc1cnc(C#N)cn1. The van der Waals surface area contributed by atoms with Crippen LogP contribution in [-0.2, 0) is 9.53 Å². The fourth-order valence-corrected chi connectivity index (χ4v) is 1.86. The summed E-state index contributed by atoms with van der Waals surface area (Å²) < 4.78 is 4.56. The first-order valence-corrected chi connectivity index (χ1v) is 5.49. The molecule has 0 N–H and O–H groups in total. The zero-order chi connectivity index (χ0) is 12.0. The number of carbonyl (C=O) groups excluding carboxylic acids is 1. The van der Waals surface area contributed by atoms with Crippen LogP contribution in [0.2, 0.25) is 0 Å². The van der Waals surface area contributed by atoms with Gasteiger partial charge >= 0.3 is 5.97 Å². The Labute approximate surface area is 97.9 Å². The van der Waals surface area contributed by atoms with Crippen LogP contribution in [-0.4, -0.2) is 28.3 Å². The summed E-state index contributed by atoms with van der Waals surface area (Å²) in [6.07, 6.45) is 3.26. The predicted molar refractivity (Wildman–Crippen MR) is 58.7 cm³/mol. The first-order valence-electron chi connectivity index (χ1n) is 4.61. The normalized spacial score (nSPS) is 11.6. The summed E-state index contributed by atoms with van der Waals surface area (Å²) in [5, 5.41) is 9.30. The van der Waals surface area contributed by atoms with Crippen LogP contribution in [0.4, 0.5) is 0 Å². The number of thioether (sulfide) groups is 1. The Morgan fingerprint density at radius 3 is 2.88 bits per heavy atom. The summed E-state index contributed by atoms with van der Waals surface area (Å²) in [6, 6.07) is 1.89. The van der Waals surface area contributed by atoms with Crippen LogP contribution in [0.1, 0.15) is 19.0 Å². The Bertz CT molecular complexity index is 400. The molecule has 16 heavy (non-hydrogen) atoms. The summed E-state index contributed by atoms with van der Waals surface area (Å²) in [5.41, 5.74) is 0.282. The van der Waals surface area contributed by atoms with Gasteiger partial charge in [-0.15, -0.1) is 11.8 Å². The highest BCUT2D eigenvalue weighted by Gasteiger charge is 2.11. The van der Waals surface area contributed by atoms with Crippen molar-refractivity contribution < 1.29 is 9.53 Å². The van der Waals surface area contributed by atoms with E-state index in [4.69, 9.17) is 5.26 Å². The van der Waals surface area contributed by atoms with Gasteiger partial charge in [-0.2, -0.15) is 5.26 Å². The molecular weight excluding hydrogens is 226 g/mol. The molecule has 0 amide bonds. The zero-order valence-electron chi connectivity index (χ0n) is 9.01. The van der Waals surface area contributed by atoms with Crippen LogP contribution in [0.5, 0.6) is 0 Å². The maximum atomic E-state index is 11.0. The van der Waals surface area contributed by atoms with E-state index in [1.807, 2.05) is 13.0 Å². The largest absolute Gasteiger partial charge is 0.469 e. The number of rotatable bonds is 4. The fraction of sp³-hybridized carbons (Fsp3) is 0.400. The molecule has 1 heterocycles. The highest BCUT2D eigenvalue weighted by Crippen LogP contribution is 2.22. The van der Waals surface area contributed by atoms with Crippen LogP contribution in [0, 0.1) is 11.3 Å². The van der Waals surface area contributed by atoms with Crippen LogP contribution in [0.25, 0.3) is 0 Å². The van der Waals surface area contributed by atoms with E-state index in [9.17, 15) is 4.79 Å². The van der Waals surface area contributed by atoms with Crippen LogP contribution in [0.3, 0.4) is 0 Å². The fourth-order valence-electron chi connectivity index (χ4n) is 1.00. The smallest absolute Gasteiger partial charge is 0.306 e. The van der Waals surface area contributed by atoms with Gasteiger partial charge in [0.2, 0.25) is 0 Å². The van der Waals surface area contributed by atoms with Crippen molar-refractivity contribution in [3.05, 3.63) is 18.1 Å². The molecule has 0 bridgehead atoms. The predicted octanol–water partition coefficient (Wildman–Crippen LogP) is 1.39. The van der Waals surface area contributed by atoms with E-state index in [1.165, 1.54) is 31.3 Å². The van der Waals surface area contributed by atoms with Crippen molar-refractivity contribution in [2.45, 2.75) is 23.6 Å². The molecule has 0 aromatic carbocycles. The van der Waals surface area contributed by atoms with Gasteiger partial charge in [0.15, 0.2) is 5.69 Å². The maximum Gasteiger partial charge on any atom is 0.306 e. The Morgan fingerprint density at radius 2 is 2.38 bits per heavy atom. The first kappa shape index (κ1) is 12.5. The topological polar surface area (TPSA) is 75.9 Å². The molecule has 0 aliphatic rings. The van der Waals surface area contributed by atoms with Crippen molar-refractivity contribution in [1.29, 1.82) is 5.26 Å². The number of ether oxygens (including phenoxy) is 1. The molecule has 5 nitrogen and oxygen atoms in total. The number of aromatic nitrogens is 2. The molecule has 0 aliphatic heterocycles. The third-order valence-corrected chi connectivity index (χ3v) is 2.77. The third kappa shape index (κ3) is 3.87. The van der Waals surface area contributed by atoms with E-state index in [0.717, 1.165) is 0 Å². The second kappa shape index (κ2) is 6.08. The highest BCUT2D eigenvalue weighted by atomic mass is 32.2. The summed E-state index contributed by atoms with van der Waals surface area (Å²) >= 11 is 1.42. The van der Waals surface area contributed by atoms with E-state index >= 15 is 0 Å². The minimum atomic E-state index is -0.249. The van der Waals surface area contributed by atoms with Crippen LogP contribution in [0.15, 0.2) is 17.4 Å². The molecule has 1 rings (SSSR count). The van der Waals surface area contributed by atoms with Gasteiger partial charge in [-0.05, 0) is 0 Å².